The van der Waals surface area contributed by atoms with Crippen molar-refractivity contribution >= 4 is 27.7 Å². The fourth-order valence-electron chi connectivity index (χ4n) is 3.19. The van der Waals surface area contributed by atoms with Crippen LogP contribution in [0.1, 0.15) is 50.3 Å². The summed E-state index contributed by atoms with van der Waals surface area (Å²) < 4.78 is 6.62. The molecule has 1 unspecified atom stereocenters. The topological polar surface area (TPSA) is 58.6 Å². The molecule has 0 bridgehead atoms. The van der Waals surface area contributed by atoms with Crippen LogP contribution in [0.25, 0.3) is 0 Å². The predicted molar refractivity (Wildman–Crippen MR) is 128 cm³/mol. The van der Waals surface area contributed by atoms with Crippen molar-refractivity contribution < 1.29 is 14.3 Å². The molecule has 0 aliphatic heterocycles. The number of nitrogens with zero attached hydrogens (tertiary/aromatic N) is 1. The Hall–Kier alpha value is -2.34. The third kappa shape index (κ3) is 7.39. The zero-order valence-electron chi connectivity index (χ0n) is 18.9. The first kappa shape index (κ1) is 24.9. The number of carbonyl (C=O) groups excluding carboxylic acids is 2. The highest BCUT2D eigenvalue weighted by molar-refractivity contribution is 9.10. The van der Waals surface area contributed by atoms with Gasteiger partial charge in [0.05, 0.1) is 4.47 Å². The molecule has 0 fully saturated rings. The van der Waals surface area contributed by atoms with Crippen LogP contribution in [-0.2, 0) is 22.6 Å². The van der Waals surface area contributed by atoms with E-state index in [-0.39, 0.29) is 18.4 Å². The number of nitrogens with one attached hydrogen (secondary N) is 1. The van der Waals surface area contributed by atoms with Crippen LogP contribution in [0.4, 0.5) is 0 Å². The number of unbranched alkanes of at least 4 members (excludes halogenated alkanes) is 1. The lowest BCUT2D eigenvalue weighted by atomic mass is 10.1. The Labute approximate surface area is 194 Å². The van der Waals surface area contributed by atoms with Gasteiger partial charge >= 0.3 is 0 Å². The van der Waals surface area contributed by atoms with E-state index in [2.05, 4.69) is 35.1 Å². The SMILES string of the molecule is CCCCNC(=O)C(C)N(Cc1ccccc1C)C(=O)COc1ccc(CC)cc1Br. The van der Waals surface area contributed by atoms with Crippen LogP contribution in [-0.4, -0.2) is 35.9 Å². The number of aryl methyl sites for hydroxylation is 2. The van der Waals surface area contributed by atoms with E-state index in [1.807, 2.05) is 49.4 Å². The summed E-state index contributed by atoms with van der Waals surface area (Å²) in [4.78, 5) is 27.4. The molecule has 168 valence electrons. The van der Waals surface area contributed by atoms with Gasteiger partial charge in [0, 0.05) is 13.1 Å². The second kappa shape index (κ2) is 12.5. The normalized spacial score (nSPS) is 11.6. The van der Waals surface area contributed by atoms with Gasteiger partial charge in [-0.05, 0) is 71.4 Å². The molecule has 1 N–H and O–H groups in total. The van der Waals surface area contributed by atoms with Crippen molar-refractivity contribution in [3.05, 3.63) is 63.6 Å². The number of hydrogen-bond acceptors (Lipinski definition) is 3. The Morgan fingerprint density at radius 2 is 1.90 bits per heavy atom. The lowest BCUT2D eigenvalue weighted by Crippen LogP contribution is -2.49. The maximum absolute atomic E-state index is 13.1. The number of carbonyl (C=O) groups is 2. The molecule has 2 rings (SSSR count). The fraction of sp³-hybridized carbons (Fsp3) is 0.440. The maximum atomic E-state index is 13.1. The first-order valence-corrected chi connectivity index (χ1v) is 11.7. The highest BCUT2D eigenvalue weighted by atomic mass is 79.9. The van der Waals surface area contributed by atoms with Crippen LogP contribution in [0.15, 0.2) is 46.9 Å². The summed E-state index contributed by atoms with van der Waals surface area (Å²) in [6.07, 6.45) is 2.84. The van der Waals surface area contributed by atoms with E-state index in [0.717, 1.165) is 34.9 Å². The molecule has 1 atom stereocenters. The molecule has 2 aromatic carbocycles. The van der Waals surface area contributed by atoms with Crippen LogP contribution >= 0.6 is 15.9 Å². The smallest absolute Gasteiger partial charge is 0.261 e. The van der Waals surface area contributed by atoms with Crippen molar-refractivity contribution in [2.24, 2.45) is 0 Å². The van der Waals surface area contributed by atoms with Gasteiger partial charge in [-0.15, -0.1) is 0 Å². The highest BCUT2D eigenvalue weighted by Gasteiger charge is 2.26. The molecule has 0 aliphatic rings. The van der Waals surface area contributed by atoms with E-state index >= 15 is 0 Å². The van der Waals surface area contributed by atoms with Crippen molar-refractivity contribution in [3.8, 4) is 5.75 Å². The Kier molecular flexibility index (Phi) is 10.0. The van der Waals surface area contributed by atoms with Gasteiger partial charge in [0.25, 0.3) is 5.91 Å². The molecule has 0 aromatic heterocycles. The summed E-state index contributed by atoms with van der Waals surface area (Å²) in [7, 11) is 0. The summed E-state index contributed by atoms with van der Waals surface area (Å²) in [5, 5.41) is 2.93. The van der Waals surface area contributed by atoms with Gasteiger partial charge in [0.1, 0.15) is 11.8 Å². The summed E-state index contributed by atoms with van der Waals surface area (Å²) in [5.41, 5.74) is 3.28. The molecular formula is C25H33BrN2O3. The van der Waals surface area contributed by atoms with Crippen LogP contribution in [0.3, 0.4) is 0 Å². The molecule has 0 saturated carbocycles. The Morgan fingerprint density at radius 3 is 2.55 bits per heavy atom. The van der Waals surface area contributed by atoms with Gasteiger partial charge in [-0.2, -0.15) is 0 Å². The molecule has 6 heteroatoms. The summed E-state index contributed by atoms with van der Waals surface area (Å²) in [6.45, 7) is 8.76. The second-order valence-electron chi connectivity index (χ2n) is 7.68. The zero-order chi connectivity index (χ0) is 22.8. The lowest BCUT2D eigenvalue weighted by Gasteiger charge is -2.29. The number of benzene rings is 2. The Balaban J connectivity index is 2.15. The van der Waals surface area contributed by atoms with Gasteiger partial charge in [-0.3, -0.25) is 9.59 Å². The molecule has 0 radical (unpaired) electrons. The Morgan fingerprint density at radius 1 is 1.16 bits per heavy atom. The van der Waals surface area contributed by atoms with E-state index in [1.165, 1.54) is 5.56 Å². The zero-order valence-corrected chi connectivity index (χ0v) is 20.5. The number of halogens is 1. The lowest BCUT2D eigenvalue weighted by molar-refractivity contribution is -0.142. The first-order valence-electron chi connectivity index (χ1n) is 10.9. The van der Waals surface area contributed by atoms with Crippen LogP contribution in [0.5, 0.6) is 5.75 Å². The number of amides is 2. The van der Waals surface area contributed by atoms with E-state index in [0.29, 0.717) is 18.8 Å². The summed E-state index contributed by atoms with van der Waals surface area (Å²) >= 11 is 3.51. The molecule has 2 aromatic rings. The molecule has 0 spiro atoms. The largest absolute Gasteiger partial charge is 0.483 e. The van der Waals surface area contributed by atoms with Crippen LogP contribution in [0.2, 0.25) is 0 Å². The monoisotopic (exact) mass is 488 g/mol. The van der Waals surface area contributed by atoms with Gasteiger partial charge < -0.3 is 15.0 Å². The number of ether oxygens (including phenoxy) is 1. The van der Waals surface area contributed by atoms with E-state index in [9.17, 15) is 9.59 Å². The third-order valence-corrected chi connectivity index (χ3v) is 5.97. The summed E-state index contributed by atoms with van der Waals surface area (Å²) in [5.74, 6) is 0.234. The van der Waals surface area contributed by atoms with Gasteiger partial charge in [-0.25, -0.2) is 0 Å². The molecule has 5 nitrogen and oxygen atoms in total. The van der Waals surface area contributed by atoms with Crippen molar-refractivity contribution in [2.75, 3.05) is 13.2 Å². The molecular weight excluding hydrogens is 456 g/mol. The predicted octanol–water partition coefficient (Wildman–Crippen LogP) is 5.03. The average molecular weight is 489 g/mol. The minimum atomic E-state index is -0.599. The van der Waals surface area contributed by atoms with Crippen molar-refractivity contribution in [3.63, 3.8) is 0 Å². The molecule has 0 saturated heterocycles. The van der Waals surface area contributed by atoms with Crippen LogP contribution < -0.4 is 10.1 Å². The number of rotatable bonds is 11. The van der Waals surface area contributed by atoms with Gasteiger partial charge in [0.15, 0.2) is 6.61 Å². The van der Waals surface area contributed by atoms with E-state index in [4.69, 9.17) is 4.74 Å². The number of hydrogen-bond donors (Lipinski definition) is 1. The van der Waals surface area contributed by atoms with Crippen molar-refractivity contribution in [1.82, 2.24) is 10.2 Å². The molecule has 0 heterocycles. The van der Waals surface area contributed by atoms with Crippen molar-refractivity contribution in [1.29, 1.82) is 0 Å². The van der Waals surface area contributed by atoms with E-state index in [1.54, 1.807) is 11.8 Å². The average Bonchev–Trinajstić information content (AvgIpc) is 2.77. The quantitative estimate of drug-likeness (QED) is 0.451. The first-order chi connectivity index (χ1) is 14.9. The van der Waals surface area contributed by atoms with Gasteiger partial charge in [0.2, 0.25) is 5.91 Å². The Bertz CT molecular complexity index is 885. The molecule has 2 amide bonds. The summed E-state index contributed by atoms with van der Waals surface area (Å²) in [6, 6.07) is 13.1. The highest BCUT2D eigenvalue weighted by Crippen LogP contribution is 2.26. The van der Waals surface area contributed by atoms with Crippen molar-refractivity contribution in [2.45, 2.75) is 59.5 Å². The third-order valence-electron chi connectivity index (χ3n) is 5.35. The minimum absolute atomic E-state index is 0.136. The van der Waals surface area contributed by atoms with Gasteiger partial charge in [-0.1, -0.05) is 50.6 Å². The van der Waals surface area contributed by atoms with E-state index < -0.39 is 6.04 Å². The minimum Gasteiger partial charge on any atom is -0.483 e. The second-order valence-corrected chi connectivity index (χ2v) is 8.53. The standard InChI is InChI=1S/C25H33BrN2O3/c1-5-7-14-27-25(30)19(4)28(16-21-11-9-8-10-18(21)3)24(29)17-31-23-13-12-20(6-2)15-22(23)26/h8-13,15,19H,5-7,14,16-17H2,1-4H3,(H,27,30). The molecule has 31 heavy (non-hydrogen) atoms. The fourth-order valence-corrected chi connectivity index (χ4v) is 3.73. The van der Waals surface area contributed by atoms with Crippen LogP contribution in [0, 0.1) is 6.92 Å². The molecule has 0 aliphatic carbocycles. The maximum Gasteiger partial charge on any atom is 0.261 e.